The highest BCUT2D eigenvalue weighted by atomic mass is 32.1. The Labute approximate surface area is 171 Å². The zero-order valence-corrected chi connectivity index (χ0v) is 17.1. The highest BCUT2D eigenvalue weighted by Crippen LogP contribution is 2.31. The summed E-state index contributed by atoms with van der Waals surface area (Å²) >= 11 is 2.91. The summed E-state index contributed by atoms with van der Waals surface area (Å²) in [5.74, 6) is 0. The molecule has 0 bridgehead atoms. The molecule has 0 fully saturated rings. The second-order valence-electron chi connectivity index (χ2n) is 7.16. The molecule has 3 heterocycles. The van der Waals surface area contributed by atoms with Gasteiger partial charge in [0.1, 0.15) is 0 Å². The first kappa shape index (κ1) is 17.7. The number of fused-ring (bicyclic) bond motifs is 2. The van der Waals surface area contributed by atoms with Crippen LogP contribution in [0.5, 0.6) is 5.19 Å². The van der Waals surface area contributed by atoms with Crippen molar-refractivity contribution in [1.82, 2.24) is 20.1 Å². The highest BCUT2D eigenvalue weighted by Gasteiger charge is 2.21. The van der Waals surface area contributed by atoms with Gasteiger partial charge in [0.05, 0.1) is 15.7 Å². The standard InChI is InChI=1S/C21H20N4OS2/c1-13(15-4-5-19-18(11-15)22-12-27-19)25-8-6-14-2-3-17(10-16(14)7-9-25)20-23-24-21(26)28-20/h2-5,10-13H,6-9H2,1H3,(H,24,26)/t13-/m1/s1. The van der Waals surface area contributed by atoms with Crippen LogP contribution in [0.1, 0.15) is 29.7 Å². The molecular formula is C21H20N4OS2. The minimum Gasteiger partial charge on any atom is -0.485 e. The fourth-order valence-electron chi connectivity index (χ4n) is 3.94. The third-order valence-corrected chi connectivity index (χ3v) is 7.17. The topological polar surface area (TPSA) is 62.1 Å². The number of aromatic hydroxyl groups is 1. The summed E-state index contributed by atoms with van der Waals surface area (Å²) in [5.41, 5.74) is 8.15. The molecule has 1 aliphatic heterocycles. The number of aromatic nitrogens is 3. The molecule has 0 amide bonds. The molecule has 28 heavy (non-hydrogen) atoms. The Bertz CT molecular complexity index is 1140. The maximum Gasteiger partial charge on any atom is 0.291 e. The van der Waals surface area contributed by atoms with Crippen LogP contribution in [0.15, 0.2) is 41.9 Å². The van der Waals surface area contributed by atoms with Crippen molar-refractivity contribution in [3.63, 3.8) is 0 Å². The zero-order valence-electron chi connectivity index (χ0n) is 15.5. The van der Waals surface area contributed by atoms with Crippen molar-refractivity contribution < 1.29 is 5.11 Å². The molecular weight excluding hydrogens is 388 g/mol. The molecule has 0 radical (unpaired) electrons. The van der Waals surface area contributed by atoms with Gasteiger partial charge in [0.2, 0.25) is 0 Å². The summed E-state index contributed by atoms with van der Waals surface area (Å²) in [6, 6.07) is 13.5. The Kier molecular flexibility index (Phi) is 4.58. The molecule has 1 aliphatic rings. The van der Waals surface area contributed by atoms with Crippen LogP contribution in [0.4, 0.5) is 0 Å². The third kappa shape index (κ3) is 3.30. The van der Waals surface area contributed by atoms with E-state index in [9.17, 15) is 5.11 Å². The van der Waals surface area contributed by atoms with Gasteiger partial charge in [0.25, 0.3) is 5.19 Å². The van der Waals surface area contributed by atoms with Crippen molar-refractivity contribution in [3.8, 4) is 15.8 Å². The van der Waals surface area contributed by atoms with E-state index in [2.05, 4.69) is 63.4 Å². The number of rotatable bonds is 3. The van der Waals surface area contributed by atoms with Crippen molar-refractivity contribution in [2.45, 2.75) is 25.8 Å². The van der Waals surface area contributed by atoms with E-state index >= 15 is 0 Å². The maximum absolute atomic E-state index is 9.49. The molecule has 5 nitrogen and oxygen atoms in total. The molecule has 5 rings (SSSR count). The molecule has 0 saturated carbocycles. The van der Waals surface area contributed by atoms with Crippen LogP contribution in [0.2, 0.25) is 0 Å². The number of thiazole rings is 1. The minimum absolute atomic E-state index is 0.0158. The summed E-state index contributed by atoms with van der Waals surface area (Å²) in [5, 5.41) is 18.1. The molecule has 4 aromatic rings. The van der Waals surface area contributed by atoms with Gasteiger partial charge in [-0.05, 0) is 54.7 Å². The van der Waals surface area contributed by atoms with E-state index < -0.39 is 0 Å². The van der Waals surface area contributed by atoms with Crippen molar-refractivity contribution in [1.29, 1.82) is 0 Å². The van der Waals surface area contributed by atoms with E-state index in [4.69, 9.17) is 0 Å². The van der Waals surface area contributed by atoms with Gasteiger partial charge in [-0.15, -0.1) is 16.4 Å². The Morgan fingerprint density at radius 1 is 1.04 bits per heavy atom. The lowest BCUT2D eigenvalue weighted by Gasteiger charge is -2.28. The van der Waals surface area contributed by atoms with E-state index in [-0.39, 0.29) is 5.19 Å². The lowest BCUT2D eigenvalue weighted by atomic mass is 10.0. The average Bonchev–Trinajstić information content (AvgIpc) is 3.30. The Morgan fingerprint density at radius 3 is 2.71 bits per heavy atom. The summed E-state index contributed by atoms with van der Waals surface area (Å²) in [6.45, 7) is 4.36. The quantitative estimate of drug-likeness (QED) is 0.533. The summed E-state index contributed by atoms with van der Waals surface area (Å²) in [4.78, 5) is 7.03. The summed E-state index contributed by atoms with van der Waals surface area (Å²) in [7, 11) is 0. The van der Waals surface area contributed by atoms with E-state index in [1.807, 2.05) is 5.51 Å². The Morgan fingerprint density at radius 2 is 1.89 bits per heavy atom. The Balaban J connectivity index is 1.36. The van der Waals surface area contributed by atoms with Crippen LogP contribution >= 0.6 is 22.7 Å². The fraction of sp³-hybridized carbons (Fsp3) is 0.286. The lowest BCUT2D eigenvalue weighted by Crippen LogP contribution is -2.29. The first-order valence-electron chi connectivity index (χ1n) is 9.39. The second-order valence-corrected chi connectivity index (χ2v) is 9.01. The summed E-state index contributed by atoms with van der Waals surface area (Å²) in [6.07, 6.45) is 2.05. The predicted octanol–water partition coefficient (Wildman–Crippen LogP) is 4.68. The van der Waals surface area contributed by atoms with Gasteiger partial charge in [0, 0.05) is 24.7 Å². The predicted molar refractivity (Wildman–Crippen MR) is 114 cm³/mol. The van der Waals surface area contributed by atoms with Crippen LogP contribution < -0.4 is 0 Å². The molecule has 1 atom stereocenters. The largest absolute Gasteiger partial charge is 0.485 e. The number of nitrogens with zero attached hydrogens (tertiary/aromatic N) is 4. The van der Waals surface area contributed by atoms with Crippen LogP contribution in [0, 0.1) is 0 Å². The van der Waals surface area contributed by atoms with Crippen molar-refractivity contribution in [3.05, 3.63) is 58.6 Å². The van der Waals surface area contributed by atoms with Crippen molar-refractivity contribution in [2.24, 2.45) is 0 Å². The normalized spacial score (nSPS) is 16.0. The Hall–Kier alpha value is -2.35. The van der Waals surface area contributed by atoms with E-state index in [1.165, 1.54) is 32.7 Å². The second kappa shape index (κ2) is 7.24. The molecule has 2 aromatic heterocycles. The molecule has 142 valence electrons. The number of hydrogen-bond acceptors (Lipinski definition) is 7. The number of benzene rings is 2. The minimum atomic E-state index is 0.0158. The van der Waals surface area contributed by atoms with Crippen molar-refractivity contribution in [2.75, 3.05) is 13.1 Å². The molecule has 0 aliphatic carbocycles. The smallest absolute Gasteiger partial charge is 0.291 e. The highest BCUT2D eigenvalue weighted by molar-refractivity contribution is 7.16. The first-order chi connectivity index (χ1) is 13.7. The monoisotopic (exact) mass is 408 g/mol. The fourth-order valence-corrected chi connectivity index (χ4v) is 5.18. The lowest BCUT2D eigenvalue weighted by molar-refractivity contribution is 0.221. The van der Waals surface area contributed by atoms with E-state index in [0.29, 0.717) is 6.04 Å². The number of hydrogen-bond donors (Lipinski definition) is 1. The van der Waals surface area contributed by atoms with Gasteiger partial charge in [-0.2, -0.15) is 0 Å². The summed E-state index contributed by atoms with van der Waals surface area (Å²) < 4.78 is 1.24. The van der Waals surface area contributed by atoms with E-state index in [1.54, 1.807) is 11.3 Å². The van der Waals surface area contributed by atoms with Crippen LogP contribution in [-0.2, 0) is 12.8 Å². The molecule has 1 N–H and O–H groups in total. The molecule has 7 heteroatoms. The van der Waals surface area contributed by atoms with Crippen LogP contribution in [-0.4, -0.2) is 38.3 Å². The van der Waals surface area contributed by atoms with Crippen LogP contribution in [0.25, 0.3) is 20.8 Å². The van der Waals surface area contributed by atoms with Gasteiger partial charge in [-0.25, -0.2) is 4.98 Å². The van der Waals surface area contributed by atoms with E-state index in [0.717, 1.165) is 42.0 Å². The molecule has 0 spiro atoms. The average molecular weight is 409 g/mol. The van der Waals surface area contributed by atoms with Gasteiger partial charge < -0.3 is 5.11 Å². The van der Waals surface area contributed by atoms with Crippen molar-refractivity contribution >= 4 is 32.9 Å². The van der Waals surface area contributed by atoms with Gasteiger partial charge in [0.15, 0.2) is 5.01 Å². The third-order valence-electron chi connectivity index (χ3n) is 5.59. The van der Waals surface area contributed by atoms with Gasteiger partial charge >= 0.3 is 0 Å². The zero-order chi connectivity index (χ0) is 19.1. The van der Waals surface area contributed by atoms with Crippen LogP contribution in [0.3, 0.4) is 0 Å². The SMILES string of the molecule is C[C@H](c1ccc2scnc2c1)N1CCc2ccc(-c3nnc(O)s3)cc2CC1. The van der Waals surface area contributed by atoms with Gasteiger partial charge in [-0.1, -0.05) is 34.6 Å². The van der Waals surface area contributed by atoms with Gasteiger partial charge in [-0.3, -0.25) is 4.90 Å². The maximum atomic E-state index is 9.49. The molecule has 2 aromatic carbocycles. The molecule has 0 unspecified atom stereocenters. The first-order valence-corrected chi connectivity index (χ1v) is 11.1. The molecule has 0 saturated heterocycles.